The molecule has 4 rings (SSSR count). The third-order valence-corrected chi connectivity index (χ3v) is 8.33. The van der Waals surface area contributed by atoms with E-state index in [9.17, 15) is 26.4 Å². The second-order valence-corrected chi connectivity index (χ2v) is 12.4. The number of carbonyl (C=O) groups excluding carboxylic acids is 1. The van der Waals surface area contributed by atoms with E-state index >= 15 is 0 Å². The number of benzene rings is 1. The van der Waals surface area contributed by atoms with Gasteiger partial charge in [-0.15, -0.1) is 11.3 Å². The molecule has 0 unspecified atom stereocenters. The van der Waals surface area contributed by atoms with Crippen LogP contribution in [-0.4, -0.2) is 55.6 Å². The molecule has 13 heteroatoms. The van der Waals surface area contributed by atoms with Crippen molar-refractivity contribution >= 4 is 33.2 Å². The van der Waals surface area contributed by atoms with Crippen LogP contribution in [0.3, 0.4) is 0 Å². The summed E-state index contributed by atoms with van der Waals surface area (Å²) >= 11 is 1.23. The minimum absolute atomic E-state index is 0.0694. The van der Waals surface area contributed by atoms with Crippen LogP contribution < -0.4 is 4.72 Å². The molecule has 1 aromatic carbocycles. The molecule has 0 saturated carbocycles. The van der Waals surface area contributed by atoms with Gasteiger partial charge in [0.25, 0.3) is 0 Å². The van der Waals surface area contributed by atoms with Crippen LogP contribution in [0.5, 0.6) is 0 Å². The van der Waals surface area contributed by atoms with E-state index in [1.54, 1.807) is 31.1 Å². The van der Waals surface area contributed by atoms with Crippen molar-refractivity contribution in [3.8, 4) is 0 Å². The molecular weight excluding hydrogens is 517 g/mol. The number of aromatic nitrogens is 1. The van der Waals surface area contributed by atoms with E-state index in [2.05, 4.69) is 14.7 Å². The van der Waals surface area contributed by atoms with Gasteiger partial charge in [0.2, 0.25) is 10.0 Å². The Kier molecular flexibility index (Phi) is 7.01. The number of nitrogens with one attached hydrogen (secondary N) is 1. The van der Waals surface area contributed by atoms with E-state index in [0.29, 0.717) is 10.7 Å². The monoisotopic (exact) mass is 542 g/mol. The molecule has 36 heavy (non-hydrogen) atoms. The fourth-order valence-corrected chi connectivity index (χ4v) is 6.92. The fraction of sp³-hybridized carbons (Fsp3) is 0.435. The first-order valence-electron chi connectivity index (χ1n) is 11.0. The number of amidine groups is 1. The second kappa shape index (κ2) is 9.60. The number of methoxy groups -OCH3 is 1. The molecule has 0 aliphatic carbocycles. The van der Waals surface area contributed by atoms with Crippen LogP contribution in [-0.2, 0) is 19.6 Å². The fourth-order valence-electron chi connectivity index (χ4n) is 4.39. The van der Waals surface area contributed by atoms with Gasteiger partial charge in [0, 0.05) is 41.8 Å². The number of rotatable bonds is 6. The molecule has 0 bridgehead atoms. The van der Waals surface area contributed by atoms with E-state index in [0.717, 1.165) is 19.2 Å². The average molecular weight is 543 g/mol. The summed E-state index contributed by atoms with van der Waals surface area (Å²) in [5, 5.41) is 2.13. The van der Waals surface area contributed by atoms with E-state index in [1.165, 1.54) is 17.5 Å². The number of hydrogen-bond donors (Lipinski definition) is 1. The quantitative estimate of drug-likeness (QED) is 0.443. The van der Waals surface area contributed by atoms with Crippen LogP contribution >= 0.6 is 11.3 Å². The number of ether oxygens (including phenoxy) is 1. The lowest BCUT2D eigenvalue weighted by atomic mass is 9.94. The molecule has 2 aliphatic heterocycles. The van der Waals surface area contributed by atoms with Crippen molar-refractivity contribution in [1.82, 2.24) is 14.6 Å². The van der Waals surface area contributed by atoms with Crippen molar-refractivity contribution in [1.29, 1.82) is 0 Å². The zero-order valence-electron chi connectivity index (χ0n) is 20.0. The smallest absolute Gasteiger partial charge is 0.338 e. The second-order valence-electron chi connectivity index (χ2n) is 9.76. The van der Waals surface area contributed by atoms with Gasteiger partial charge in [0.1, 0.15) is 6.04 Å². The Hall–Kier alpha value is -2.77. The number of carbonyl (C=O) groups is 1. The first-order valence-corrected chi connectivity index (χ1v) is 13.5. The molecule has 3 heterocycles. The Bertz CT molecular complexity index is 1350. The molecular formula is C23H25F3N4O4S2. The summed E-state index contributed by atoms with van der Waals surface area (Å²) in [7, 11) is -2.55. The van der Waals surface area contributed by atoms with Crippen LogP contribution in [0.4, 0.5) is 13.2 Å². The number of esters is 1. The topological polar surface area (TPSA) is 101 Å². The van der Waals surface area contributed by atoms with Gasteiger partial charge in [-0.3, -0.25) is 4.99 Å². The molecule has 2 aliphatic rings. The van der Waals surface area contributed by atoms with E-state index in [-0.39, 0.29) is 35.7 Å². The first-order chi connectivity index (χ1) is 16.8. The van der Waals surface area contributed by atoms with Crippen LogP contribution in [0.25, 0.3) is 0 Å². The molecule has 1 fully saturated rings. The Labute approximate surface area is 210 Å². The maximum Gasteiger partial charge on any atom is 0.338 e. The van der Waals surface area contributed by atoms with Gasteiger partial charge >= 0.3 is 5.97 Å². The van der Waals surface area contributed by atoms with Crippen LogP contribution in [0.2, 0.25) is 0 Å². The summed E-state index contributed by atoms with van der Waals surface area (Å²) in [6.07, 6.45) is 1.61. The maximum atomic E-state index is 14.9. The molecule has 1 aromatic heterocycles. The van der Waals surface area contributed by atoms with Gasteiger partial charge in [0.15, 0.2) is 28.3 Å². The van der Waals surface area contributed by atoms with Gasteiger partial charge < -0.3 is 9.64 Å². The highest BCUT2D eigenvalue weighted by Crippen LogP contribution is 2.42. The van der Waals surface area contributed by atoms with Crippen molar-refractivity contribution in [2.24, 2.45) is 10.4 Å². The lowest BCUT2D eigenvalue weighted by Crippen LogP contribution is -2.42. The third-order valence-electron chi connectivity index (χ3n) is 5.62. The van der Waals surface area contributed by atoms with Gasteiger partial charge in [-0.1, -0.05) is 26.8 Å². The molecule has 8 nitrogen and oxygen atoms in total. The Morgan fingerprint density at radius 2 is 1.97 bits per heavy atom. The summed E-state index contributed by atoms with van der Waals surface area (Å²) in [6, 6.07) is -0.205. The summed E-state index contributed by atoms with van der Waals surface area (Å²) in [4.78, 5) is 23.4. The highest BCUT2D eigenvalue weighted by Gasteiger charge is 2.44. The number of aliphatic imine (C=N–C) groups is 1. The Balaban J connectivity index is 1.83. The zero-order chi connectivity index (χ0) is 26.4. The third kappa shape index (κ3) is 5.18. The first kappa shape index (κ1) is 26.3. The van der Waals surface area contributed by atoms with Crippen LogP contribution in [0.1, 0.15) is 43.8 Å². The van der Waals surface area contributed by atoms with E-state index in [4.69, 9.17) is 4.74 Å². The van der Waals surface area contributed by atoms with Gasteiger partial charge in [-0.25, -0.2) is 36.1 Å². The number of sulfonamides is 1. The lowest BCUT2D eigenvalue weighted by molar-refractivity contribution is -0.136. The van der Waals surface area contributed by atoms with E-state index in [1.807, 2.05) is 0 Å². The molecule has 0 spiro atoms. The standard InChI is InChI=1S/C23H25F3N4O4S2/c1-23(2,3)11-36(32,33)29-12-9-15-16(22(31)34-4)19(13-5-6-14(24)18(26)17(13)25)28-20(30(15)10-12)21-27-7-8-35-21/h5-8,12,19,29H,9-11H2,1-4H3/t12-,19-/m0/s1. The van der Waals surface area contributed by atoms with Crippen LogP contribution in [0.15, 0.2) is 40.0 Å². The minimum atomic E-state index is -3.68. The van der Waals surface area contributed by atoms with E-state index < -0.39 is 50.9 Å². The van der Waals surface area contributed by atoms with Crippen molar-refractivity contribution in [3.05, 3.63) is 63.0 Å². The molecule has 0 radical (unpaired) electrons. The number of halogens is 3. The SMILES string of the molecule is COC(=O)C1=C2C[C@H](NS(=O)(=O)CC(C)(C)C)CN2C(c2nccs2)=N[C@H]1c1ccc(F)c(F)c1F. The lowest BCUT2D eigenvalue weighted by Gasteiger charge is -2.31. The highest BCUT2D eigenvalue weighted by atomic mass is 32.2. The molecule has 194 valence electrons. The maximum absolute atomic E-state index is 14.9. The highest BCUT2D eigenvalue weighted by molar-refractivity contribution is 7.89. The summed E-state index contributed by atoms with van der Waals surface area (Å²) in [5.74, 6) is -5.23. The predicted molar refractivity (Wildman–Crippen MR) is 128 cm³/mol. The Morgan fingerprint density at radius 3 is 2.58 bits per heavy atom. The van der Waals surface area contributed by atoms with Crippen molar-refractivity contribution in [3.63, 3.8) is 0 Å². The largest absolute Gasteiger partial charge is 0.466 e. The molecule has 1 N–H and O–H groups in total. The van der Waals surface area contributed by atoms with Crippen molar-refractivity contribution in [2.45, 2.75) is 39.3 Å². The van der Waals surface area contributed by atoms with Gasteiger partial charge in [-0.2, -0.15) is 0 Å². The Morgan fingerprint density at radius 1 is 1.25 bits per heavy atom. The average Bonchev–Trinajstić information content (AvgIpc) is 3.44. The zero-order valence-corrected chi connectivity index (χ0v) is 21.6. The number of nitrogens with zero attached hydrogens (tertiary/aromatic N) is 3. The molecule has 0 amide bonds. The summed E-state index contributed by atoms with van der Waals surface area (Å²) in [6.45, 7) is 5.54. The predicted octanol–water partition coefficient (Wildman–Crippen LogP) is 3.53. The molecule has 1 saturated heterocycles. The number of thiazole rings is 1. The number of fused-ring (bicyclic) bond motifs is 1. The molecule has 2 atom stereocenters. The van der Waals surface area contributed by atoms with Crippen LogP contribution in [0, 0.1) is 22.9 Å². The van der Waals surface area contributed by atoms with Gasteiger partial charge in [0.05, 0.1) is 18.4 Å². The van der Waals surface area contributed by atoms with Crippen molar-refractivity contribution in [2.75, 3.05) is 19.4 Å². The summed E-state index contributed by atoms with van der Waals surface area (Å²) in [5.41, 5.74) is -0.580. The normalized spacial score (nSPS) is 20.4. The van der Waals surface area contributed by atoms with Crippen molar-refractivity contribution < 1.29 is 31.1 Å². The number of hydrogen-bond acceptors (Lipinski definition) is 8. The molecule has 2 aromatic rings. The summed E-state index contributed by atoms with van der Waals surface area (Å²) < 4.78 is 75.9. The minimum Gasteiger partial charge on any atom is -0.466 e. The van der Waals surface area contributed by atoms with Gasteiger partial charge in [-0.05, 0) is 11.5 Å².